The summed E-state index contributed by atoms with van der Waals surface area (Å²) in [5.41, 5.74) is 2.56. The van der Waals surface area contributed by atoms with E-state index in [1.165, 1.54) is 16.4 Å². The Balaban J connectivity index is 1.99. The minimum absolute atomic E-state index is 0.905. The van der Waals surface area contributed by atoms with Gasteiger partial charge in [0.05, 0.1) is 8.07 Å². The van der Waals surface area contributed by atoms with Crippen molar-refractivity contribution in [1.29, 1.82) is 0 Å². The maximum atomic E-state index is 3.42. The lowest BCUT2D eigenvalue weighted by Crippen LogP contribution is -2.37. The molecule has 3 heteroatoms. The zero-order valence-electron chi connectivity index (χ0n) is 10.7. The largest absolute Gasteiger partial charge is 0.380 e. The molecule has 0 unspecified atom stereocenters. The van der Waals surface area contributed by atoms with Crippen LogP contribution in [0.4, 0.5) is 5.69 Å². The molecular weight excluding hydrogens is 242 g/mol. The molecule has 1 aromatic carbocycles. The van der Waals surface area contributed by atoms with E-state index in [-0.39, 0.29) is 0 Å². The van der Waals surface area contributed by atoms with E-state index in [9.17, 15) is 0 Å². The fraction of sp³-hybridized carbons (Fsp3) is 0.286. The molecule has 0 aliphatic carbocycles. The molecule has 1 nitrogen and oxygen atoms in total. The molecule has 0 radical (unpaired) electrons. The second-order valence-electron chi connectivity index (χ2n) is 5.31. The van der Waals surface area contributed by atoms with Crippen LogP contribution in [0.1, 0.15) is 5.56 Å². The van der Waals surface area contributed by atoms with Crippen molar-refractivity contribution >= 4 is 30.3 Å². The third-order valence-corrected chi connectivity index (χ3v) is 5.59. The molecule has 1 aromatic heterocycles. The van der Waals surface area contributed by atoms with Crippen LogP contribution >= 0.6 is 11.3 Å². The minimum atomic E-state index is -1.15. The predicted octanol–water partition coefficient (Wildman–Crippen LogP) is 3.91. The first-order chi connectivity index (χ1) is 8.05. The van der Waals surface area contributed by atoms with Gasteiger partial charge in [0.2, 0.25) is 0 Å². The second kappa shape index (κ2) is 5.06. The van der Waals surface area contributed by atoms with E-state index in [1.807, 2.05) is 0 Å². The Bertz CT molecular complexity index is 454. The Hall–Kier alpha value is -1.06. The first-order valence-electron chi connectivity index (χ1n) is 5.91. The van der Waals surface area contributed by atoms with Crippen molar-refractivity contribution in [3.8, 4) is 0 Å². The van der Waals surface area contributed by atoms with Gasteiger partial charge in [-0.1, -0.05) is 49.1 Å². The summed E-state index contributed by atoms with van der Waals surface area (Å²) >= 11 is 1.72. The topological polar surface area (TPSA) is 12.0 Å². The molecule has 0 bridgehead atoms. The van der Waals surface area contributed by atoms with Crippen molar-refractivity contribution in [3.05, 3.63) is 46.7 Å². The molecule has 0 fully saturated rings. The van der Waals surface area contributed by atoms with Gasteiger partial charge in [-0.25, -0.2) is 0 Å². The van der Waals surface area contributed by atoms with Crippen molar-refractivity contribution in [2.75, 3.05) is 5.32 Å². The molecule has 90 valence electrons. The summed E-state index contributed by atoms with van der Waals surface area (Å²) in [7, 11) is -1.15. The smallest absolute Gasteiger partial charge is 0.0775 e. The lowest BCUT2D eigenvalue weighted by molar-refractivity contribution is 1.16. The van der Waals surface area contributed by atoms with Gasteiger partial charge in [-0.2, -0.15) is 11.3 Å². The number of thiophene rings is 1. The van der Waals surface area contributed by atoms with Crippen LogP contribution in [-0.4, -0.2) is 8.07 Å². The third kappa shape index (κ3) is 3.45. The van der Waals surface area contributed by atoms with Gasteiger partial charge in [0, 0.05) is 17.6 Å². The molecular formula is C14H19NSSi. The van der Waals surface area contributed by atoms with Gasteiger partial charge in [-0.05, 0) is 17.0 Å². The normalized spacial score (nSPS) is 11.5. The van der Waals surface area contributed by atoms with E-state index < -0.39 is 8.07 Å². The fourth-order valence-electron chi connectivity index (χ4n) is 1.69. The first-order valence-corrected chi connectivity index (χ1v) is 10.4. The number of benzene rings is 1. The van der Waals surface area contributed by atoms with Crippen LogP contribution in [0.3, 0.4) is 0 Å². The average molecular weight is 261 g/mol. The molecule has 0 amide bonds. The highest BCUT2D eigenvalue weighted by atomic mass is 32.1. The number of anilines is 1. The molecule has 0 saturated carbocycles. The van der Waals surface area contributed by atoms with E-state index >= 15 is 0 Å². The highest BCUT2D eigenvalue weighted by molar-refractivity contribution is 7.08. The molecule has 0 aliphatic heterocycles. The van der Waals surface area contributed by atoms with E-state index in [4.69, 9.17) is 0 Å². The predicted molar refractivity (Wildman–Crippen MR) is 81.1 cm³/mol. The number of hydrogen-bond acceptors (Lipinski definition) is 2. The Morgan fingerprint density at radius 3 is 2.29 bits per heavy atom. The summed E-state index contributed by atoms with van der Waals surface area (Å²) in [5, 5.41) is 9.17. The molecule has 0 atom stereocenters. The zero-order chi connectivity index (χ0) is 12.3. The Kier molecular flexibility index (Phi) is 3.69. The monoisotopic (exact) mass is 261 g/mol. The Morgan fingerprint density at radius 1 is 1.06 bits per heavy atom. The Labute approximate surface area is 109 Å². The van der Waals surface area contributed by atoms with E-state index in [1.54, 1.807) is 11.3 Å². The summed E-state index contributed by atoms with van der Waals surface area (Å²) in [6.07, 6.45) is 0. The lowest BCUT2D eigenvalue weighted by atomic mass is 10.2. The van der Waals surface area contributed by atoms with Gasteiger partial charge in [0.15, 0.2) is 0 Å². The highest BCUT2D eigenvalue weighted by Crippen LogP contribution is 2.13. The van der Waals surface area contributed by atoms with Crippen molar-refractivity contribution in [1.82, 2.24) is 0 Å². The van der Waals surface area contributed by atoms with Gasteiger partial charge >= 0.3 is 0 Å². The fourth-order valence-corrected chi connectivity index (χ4v) is 3.47. The summed E-state index contributed by atoms with van der Waals surface area (Å²) in [5.74, 6) is 0. The Morgan fingerprint density at radius 2 is 1.76 bits per heavy atom. The first kappa shape index (κ1) is 12.4. The molecule has 0 spiro atoms. The van der Waals surface area contributed by atoms with Gasteiger partial charge in [0.25, 0.3) is 0 Å². The number of nitrogens with one attached hydrogen (secondary N) is 1. The van der Waals surface area contributed by atoms with Crippen molar-refractivity contribution in [3.63, 3.8) is 0 Å². The van der Waals surface area contributed by atoms with Crippen LogP contribution in [0.25, 0.3) is 0 Å². The van der Waals surface area contributed by atoms with E-state index in [0.29, 0.717) is 0 Å². The second-order valence-corrected chi connectivity index (χ2v) is 11.2. The molecule has 1 N–H and O–H groups in total. The molecule has 2 aromatic rings. The maximum absolute atomic E-state index is 3.42. The molecule has 2 rings (SSSR count). The van der Waals surface area contributed by atoms with Crippen LogP contribution in [0, 0.1) is 0 Å². The SMILES string of the molecule is C[Si](C)(C)c1ccc(CNc2ccsc2)cc1. The summed E-state index contributed by atoms with van der Waals surface area (Å²) in [6.45, 7) is 8.05. The molecule has 17 heavy (non-hydrogen) atoms. The van der Waals surface area contributed by atoms with Crippen molar-refractivity contribution < 1.29 is 0 Å². The van der Waals surface area contributed by atoms with E-state index in [2.05, 4.69) is 66.0 Å². The summed E-state index contributed by atoms with van der Waals surface area (Å²) in [6, 6.07) is 11.2. The third-order valence-electron chi connectivity index (χ3n) is 2.84. The van der Waals surface area contributed by atoms with Gasteiger partial charge in [-0.3, -0.25) is 0 Å². The highest BCUT2D eigenvalue weighted by Gasteiger charge is 2.15. The van der Waals surface area contributed by atoms with Crippen LogP contribution in [0.2, 0.25) is 19.6 Å². The van der Waals surface area contributed by atoms with Crippen molar-refractivity contribution in [2.24, 2.45) is 0 Å². The minimum Gasteiger partial charge on any atom is -0.380 e. The van der Waals surface area contributed by atoms with E-state index in [0.717, 1.165) is 6.54 Å². The number of rotatable bonds is 4. The quantitative estimate of drug-likeness (QED) is 0.823. The summed E-state index contributed by atoms with van der Waals surface area (Å²) < 4.78 is 0. The number of hydrogen-bond donors (Lipinski definition) is 1. The zero-order valence-corrected chi connectivity index (χ0v) is 12.5. The average Bonchev–Trinajstić information content (AvgIpc) is 2.78. The van der Waals surface area contributed by atoms with Crippen molar-refractivity contribution in [2.45, 2.75) is 26.2 Å². The summed E-state index contributed by atoms with van der Waals surface area (Å²) in [4.78, 5) is 0. The maximum Gasteiger partial charge on any atom is 0.0775 e. The van der Waals surface area contributed by atoms with Crippen LogP contribution in [-0.2, 0) is 6.54 Å². The molecule has 1 heterocycles. The molecule has 0 saturated heterocycles. The standard InChI is InChI=1S/C14H19NSSi/c1-17(2,3)14-6-4-12(5-7-14)10-15-13-8-9-16-11-13/h4-9,11,15H,10H2,1-3H3. The van der Waals surface area contributed by atoms with Gasteiger partial charge < -0.3 is 5.32 Å². The van der Waals surface area contributed by atoms with Crippen LogP contribution in [0.15, 0.2) is 41.1 Å². The van der Waals surface area contributed by atoms with Gasteiger partial charge in [-0.15, -0.1) is 0 Å². The van der Waals surface area contributed by atoms with Crippen LogP contribution < -0.4 is 10.5 Å². The lowest BCUT2D eigenvalue weighted by Gasteiger charge is -2.16. The molecule has 0 aliphatic rings. The van der Waals surface area contributed by atoms with Crippen LogP contribution in [0.5, 0.6) is 0 Å². The van der Waals surface area contributed by atoms with Gasteiger partial charge in [0.1, 0.15) is 0 Å².